The third kappa shape index (κ3) is 2.30. The van der Waals surface area contributed by atoms with E-state index >= 15 is 0 Å². The summed E-state index contributed by atoms with van der Waals surface area (Å²) in [7, 11) is 0. The average molecular weight is 245 g/mol. The second-order valence-corrected chi connectivity index (χ2v) is 4.58. The fourth-order valence-corrected chi connectivity index (χ4v) is 2.44. The molecule has 1 aliphatic rings. The van der Waals surface area contributed by atoms with Crippen LogP contribution >= 0.6 is 0 Å². The number of halogens is 3. The molecule has 1 aromatic carbocycles. The minimum atomic E-state index is -4.45. The van der Waals surface area contributed by atoms with Crippen LogP contribution in [0.4, 0.5) is 13.2 Å². The standard InChI is InChI=1S/C12H14F3NO/c13-12(14,15)10-4-2-1-3-9(10)11(17)6-5-8(16)7-11/h1-4,8,17H,5-7,16H2. The maximum Gasteiger partial charge on any atom is 0.416 e. The molecule has 2 atom stereocenters. The molecule has 1 fully saturated rings. The van der Waals surface area contributed by atoms with Crippen molar-refractivity contribution in [3.63, 3.8) is 0 Å². The van der Waals surface area contributed by atoms with E-state index in [0.717, 1.165) is 6.07 Å². The molecule has 5 heteroatoms. The van der Waals surface area contributed by atoms with E-state index in [1.165, 1.54) is 18.2 Å². The van der Waals surface area contributed by atoms with Crippen LogP contribution in [0, 0.1) is 0 Å². The molecule has 2 rings (SSSR count). The van der Waals surface area contributed by atoms with Gasteiger partial charge in [0, 0.05) is 6.04 Å². The highest BCUT2D eigenvalue weighted by Crippen LogP contribution is 2.43. The largest absolute Gasteiger partial charge is 0.416 e. The zero-order valence-corrected chi connectivity index (χ0v) is 9.17. The van der Waals surface area contributed by atoms with E-state index in [4.69, 9.17) is 5.73 Å². The van der Waals surface area contributed by atoms with E-state index in [0.29, 0.717) is 6.42 Å². The van der Waals surface area contributed by atoms with Gasteiger partial charge in [0.25, 0.3) is 0 Å². The fraction of sp³-hybridized carbons (Fsp3) is 0.500. The Morgan fingerprint density at radius 1 is 1.29 bits per heavy atom. The maximum absolute atomic E-state index is 12.8. The minimum absolute atomic E-state index is 0.0551. The lowest BCUT2D eigenvalue weighted by molar-refractivity contribution is -0.140. The van der Waals surface area contributed by atoms with Gasteiger partial charge in [-0.25, -0.2) is 0 Å². The molecule has 0 amide bonds. The van der Waals surface area contributed by atoms with Gasteiger partial charge in [0.1, 0.15) is 0 Å². The van der Waals surface area contributed by atoms with Crippen LogP contribution in [0.5, 0.6) is 0 Å². The first-order valence-electron chi connectivity index (χ1n) is 5.47. The normalized spacial score (nSPS) is 29.6. The van der Waals surface area contributed by atoms with E-state index < -0.39 is 17.3 Å². The molecule has 3 N–H and O–H groups in total. The molecule has 0 heterocycles. The molecule has 0 saturated heterocycles. The van der Waals surface area contributed by atoms with Gasteiger partial charge in [0.2, 0.25) is 0 Å². The van der Waals surface area contributed by atoms with Gasteiger partial charge in [-0.05, 0) is 30.9 Å². The lowest BCUT2D eigenvalue weighted by atomic mass is 9.88. The second kappa shape index (κ2) is 3.99. The van der Waals surface area contributed by atoms with Crippen molar-refractivity contribution in [1.82, 2.24) is 0 Å². The van der Waals surface area contributed by atoms with E-state index in [9.17, 15) is 18.3 Å². The smallest absolute Gasteiger partial charge is 0.385 e. The highest BCUT2D eigenvalue weighted by atomic mass is 19.4. The van der Waals surface area contributed by atoms with Gasteiger partial charge < -0.3 is 10.8 Å². The van der Waals surface area contributed by atoms with Crippen LogP contribution in [0.15, 0.2) is 24.3 Å². The molecule has 0 radical (unpaired) electrons. The van der Waals surface area contributed by atoms with Crippen LogP contribution in [0.1, 0.15) is 30.4 Å². The monoisotopic (exact) mass is 245 g/mol. The molecule has 1 aliphatic carbocycles. The van der Waals surface area contributed by atoms with Crippen molar-refractivity contribution in [2.45, 2.75) is 37.1 Å². The number of hydrogen-bond donors (Lipinski definition) is 2. The molecule has 17 heavy (non-hydrogen) atoms. The number of alkyl halides is 3. The van der Waals surface area contributed by atoms with Gasteiger partial charge in [-0.3, -0.25) is 0 Å². The predicted octanol–water partition coefficient (Wildman–Crippen LogP) is 2.40. The summed E-state index contributed by atoms with van der Waals surface area (Å²) >= 11 is 0. The van der Waals surface area contributed by atoms with E-state index in [-0.39, 0.29) is 24.4 Å². The zero-order valence-electron chi connectivity index (χ0n) is 9.17. The Labute approximate surface area is 97.2 Å². The van der Waals surface area contributed by atoms with Crippen LogP contribution in [-0.4, -0.2) is 11.1 Å². The Morgan fingerprint density at radius 2 is 1.94 bits per heavy atom. The lowest BCUT2D eigenvalue weighted by Gasteiger charge is -2.26. The van der Waals surface area contributed by atoms with Crippen molar-refractivity contribution in [3.05, 3.63) is 35.4 Å². The highest BCUT2D eigenvalue weighted by Gasteiger charge is 2.43. The Morgan fingerprint density at radius 3 is 2.47 bits per heavy atom. The van der Waals surface area contributed by atoms with Gasteiger partial charge in [0.05, 0.1) is 11.2 Å². The number of nitrogens with two attached hydrogens (primary N) is 1. The quantitative estimate of drug-likeness (QED) is 0.798. The number of benzene rings is 1. The molecule has 1 aromatic rings. The summed E-state index contributed by atoms with van der Waals surface area (Å²) in [6.07, 6.45) is -3.44. The van der Waals surface area contributed by atoms with Crippen LogP contribution in [-0.2, 0) is 11.8 Å². The molecule has 0 spiro atoms. The predicted molar refractivity (Wildman–Crippen MR) is 57.2 cm³/mol. The van der Waals surface area contributed by atoms with Crippen LogP contribution < -0.4 is 5.73 Å². The topological polar surface area (TPSA) is 46.2 Å². The Bertz CT molecular complexity index is 418. The van der Waals surface area contributed by atoms with Crippen molar-refractivity contribution in [2.75, 3.05) is 0 Å². The summed E-state index contributed by atoms with van der Waals surface area (Å²) in [5.41, 5.74) is 3.40. The summed E-state index contributed by atoms with van der Waals surface area (Å²) in [6, 6.07) is 4.93. The molecule has 0 aliphatic heterocycles. The van der Waals surface area contributed by atoms with Crippen LogP contribution in [0.2, 0.25) is 0 Å². The third-order valence-electron chi connectivity index (χ3n) is 3.26. The first-order chi connectivity index (χ1) is 7.83. The van der Waals surface area contributed by atoms with Crippen LogP contribution in [0.3, 0.4) is 0 Å². The zero-order chi connectivity index (χ0) is 12.7. The SMILES string of the molecule is NC1CCC(O)(c2ccccc2C(F)(F)F)C1. The third-order valence-corrected chi connectivity index (χ3v) is 3.26. The summed E-state index contributed by atoms with van der Waals surface area (Å²) in [5, 5.41) is 10.3. The molecular weight excluding hydrogens is 231 g/mol. The van der Waals surface area contributed by atoms with Gasteiger partial charge in [-0.1, -0.05) is 18.2 Å². The van der Waals surface area contributed by atoms with E-state index in [1.807, 2.05) is 0 Å². The number of rotatable bonds is 1. The second-order valence-electron chi connectivity index (χ2n) is 4.58. The summed E-state index contributed by atoms with van der Waals surface area (Å²) in [5.74, 6) is 0. The molecule has 0 aromatic heterocycles. The first kappa shape index (κ1) is 12.4. The van der Waals surface area contributed by atoms with Gasteiger partial charge in [-0.2, -0.15) is 13.2 Å². The number of hydrogen-bond acceptors (Lipinski definition) is 2. The summed E-state index contributed by atoms with van der Waals surface area (Å²) < 4.78 is 38.5. The highest BCUT2D eigenvalue weighted by molar-refractivity contribution is 5.35. The molecule has 0 bridgehead atoms. The molecule has 2 unspecified atom stereocenters. The van der Waals surface area contributed by atoms with Gasteiger partial charge >= 0.3 is 6.18 Å². The fourth-order valence-electron chi connectivity index (χ4n) is 2.44. The summed E-state index contributed by atoms with van der Waals surface area (Å²) in [6.45, 7) is 0. The van der Waals surface area contributed by atoms with E-state index in [2.05, 4.69) is 0 Å². The number of aliphatic hydroxyl groups is 1. The van der Waals surface area contributed by atoms with Crippen molar-refractivity contribution >= 4 is 0 Å². The average Bonchev–Trinajstić information content (AvgIpc) is 2.59. The Hall–Kier alpha value is -1.07. The van der Waals surface area contributed by atoms with Crippen molar-refractivity contribution in [3.8, 4) is 0 Å². The molecule has 2 nitrogen and oxygen atoms in total. The van der Waals surface area contributed by atoms with Crippen molar-refractivity contribution in [1.29, 1.82) is 0 Å². The molecule has 1 saturated carbocycles. The molecular formula is C12H14F3NO. The minimum Gasteiger partial charge on any atom is -0.385 e. The Balaban J connectivity index is 2.46. The van der Waals surface area contributed by atoms with Crippen molar-refractivity contribution < 1.29 is 18.3 Å². The van der Waals surface area contributed by atoms with Gasteiger partial charge in [0.15, 0.2) is 0 Å². The van der Waals surface area contributed by atoms with Gasteiger partial charge in [-0.15, -0.1) is 0 Å². The van der Waals surface area contributed by atoms with Crippen LogP contribution in [0.25, 0.3) is 0 Å². The first-order valence-corrected chi connectivity index (χ1v) is 5.47. The maximum atomic E-state index is 12.8. The van der Waals surface area contributed by atoms with E-state index in [1.54, 1.807) is 0 Å². The summed E-state index contributed by atoms with van der Waals surface area (Å²) in [4.78, 5) is 0. The molecule has 94 valence electrons. The lowest BCUT2D eigenvalue weighted by Crippen LogP contribution is -2.28. The van der Waals surface area contributed by atoms with Crippen molar-refractivity contribution in [2.24, 2.45) is 5.73 Å². The Kier molecular flexibility index (Phi) is 2.91.